The summed E-state index contributed by atoms with van der Waals surface area (Å²) in [5.41, 5.74) is 0.450. The van der Waals surface area contributed by atoms with Gasteiger partial charge >= 0.3 is 11.9 Å². The normalized spacial score (nSPS) is 12.4. The van der Waals surface area contributed by atoms with E-state index in [4.69, 9.17) is 11.6 Å². The maximum Gasteiger partial charge on any atom is 0.416 e. The van der Waals surface area contributed by atoms with E-state index in [-0.39, 0.29) is 30.4 Å². The fourth-order valence-corrected chi connectivity index (χ4v) is 4.21. The molecule has 2 aromatic carbocycles. The van der Waals surface area contributed by atoms with Crippen LogP contribution in [0.4, 0.5) is 17.6 Å². The Morgan fingerprint density at radius 1 is 1.00 bits per heavy atom. The quantitative estimate of drug-likeness (QED) is 0.201. The summed E-state index contributed by atoms with van der Waals surface area (Å²) in [7, 11) is 0. The van der Waals surface area contributed by atoms with Crippen LogP contribution in [-0.4, -0.2) is 57.3 Å². The first-order valence-corrected chi connectivity index (χ1v) is 12.7. The average Bonchev–Trinajstić information content (AvgIpc) is 3.54. The van der Waals surface area contributed by atoms with Crippen molar-refractivity contribution < 1.29 is 27.5 Å². The lowest BCUT2D eigenvalue weighted by molar-refractivity contribution is -0.207. The van der Waals surface area contributed by atoms with E-state index >= 15 is 0 Å². The maximum atomic E-state index is 13.2. The number of hydrogen-bond donors (Lipinski definition) is 1. The predicted octanol–water partition coefficient (Wildman–Crippen LogP) is 3.88. The molecule has 0 amide bonds. The second-order valence-electron chi connectivity index (χ2n) is 9.12. The van der Waals surface area contributed by atoms with E-state index in [1.54, 1.807) is 12.1 Å². The number of aliphatic hydroxyl groups excluding tert-OH is 1. The van der Waals surface area contributed by atoms with Crippen LogP contribution in [0.25, 0.3) is 17.1 Å². The van der Waals surface area contributed by atoms with Crippen LogP contribution in [0.1, 0.15) is 21.9 Å². The van der Waals surface area contributed by atoms with E-state index in [2.05, 4.69) is 20.2 Å². The number of halogens is 5. The summed E-state index contributed by atoms with van der Waals surface area (Å²) in [6, 6.07) is 14.3. The lowest BCUT2D eigenvalue weighted by Gasteiger charge is -2.15. The van der Waals surface area contributed by atoms with Gasteiger partial charge in [0.15, 0.2) is 23.5 Å². The molecule has 3 aromatic heterocycles. The molecule has 42 heavy (non-hydrogen) atoms. The Labute approximate surface area is 239 Å². The number of aromatic nitrogens is 7. The van der Waals surface area contributed by atoms with E-state index < -0.39 is 30.3 Å². The van der Waals surface area contributed by atoms with E-state index in [0.717, 1.165) is 9.25 Å². The van der Waals surface area contributed by atoms with Crippen molar-refractivity contribution in [3.63, 3.8) is 0 Å². The molecule has 5 aromatic rings. The molecular formula is C27H20ClF4N7O3. The Morgan fingerprint density at radius 3 is 2.40 bits per heavy atom. The average molecular weight is 602 g/mol. The van der Waals surface area contributed by atoms with E-state index in [9.17, 15) is 32.3 Å². The predicted molar refractivity (Wildman–Crippen MR) is 142 cm³/mol. The second kappa shape index (κ2) is 11.7. The maximum absolute atomic E-state index is 13.2. The standard InChI is InChI=1S/C27H20ClF4N7O3/c28-18-7-3-17(4-8-18)25-36-38(26(42)37(25)13-23(41)27(30,31)32)14-24-34-15-39(35-24)21-2-1-11-33-20(21)12-22(40)16-5-9-19(29)10-6-16/h1-11,15,23,41H,12-14H2/t23-/m0/s1. The molecule has 1 N–H and O–H groups in total. The minimum atomic E-state index is -4.96. The summed E-state index contributed by atoms with van der Waals surface area (Å²) in [6.07, 6.45) is -5.06. The van der Waals surface area contributed by atoms with E-state index in [1.165, 1.54) is 65.7 Å². The molecule has 0 unspecified atom stereocenters. The largest absolute Gasteiger partial charge is 0.416 e. The van der Waals surface area contributed by atoms with Gasteiger partial charge in [-0.05, 0) is 60.7 Å². The molecule has 5 rings (SSSR count). The first-order valence-electron chi connectivity index (χ1n) is 12.3. The third kappa shape index (κ3) is 6.29. The van der Waals surface area contributed by atoms with Gasteiger partial charge < -0.3 is 5.11 Å². The number of benzene rings is 2. The molecule has 1 atom stereocenters. The molecule has 0 aliphatic heterocycles. The van der Waals surface area contributed by atoms with Crippen molar-refractivity contribution in [2.45, 2.75) is 31.8 Å². The summed E-state index contributed by atoms with van der Waals surface area (Å²) >= 11 is 5.92. The Morgan fingerprint density at radius 2 is 1.71 bits per heavy atom. The highest BCUT2D eigenvalue weighted by molar-refractivity contribution is 6.30. The number of Topliss-reactive ketones (excluding diaryl/α,β-unsaturated/α-hetero) is 1. The van der Waals surface area contributed by atoms with Gasteiger partial charge in [0.1, 0.15) is 18.7 Å². The smallest absolute Gasteiger partial charge is 0.382 e. The van der Waals surface area contributed by atoms with Crippen LogP contribution < -0.4 is 5.69 Å². The Bertz CT molecular complexity index is 1780. The monoisotopic (exact) mass is 601 g/mol. The lowest BCUT2D eigenvalue weighted by Crippen LogP contribution is -2.37. The number of alkyl halides is 3. The molecule has 0 aliphatic carbocycles. The van der Waals surface area contributed by atoms with Crippen molar-refractivity contribution in [1.29, 1.82) is 0 Å². The first-order chi connectivity index (χ1) is 20.0. The van der Waals surface area contributed by atoms with Gasteiger partial charge in [0.05, 0.1) is 24.3 Å². The summed E-state index contributed by atoms with van der Waals surface area (Å²) in [5.74, 6) is -0.808. The molecule has 0 aliphatic rings. The molecule has 0 saturated carbocycles. The van der Waals surface area contributed by atoms with Gasteiger partial charge in [-0.25, -0.2) is 23.5 Å². The Kier molecular flexibility index (Phi) is 8.00. The van der Waals surface area contributed by atoms with Crippen LogP contribution in [0.5, 0.6) is 0 Å². The molecular weight excluding hydrogens is 582 g/mol. The van der Waals surface area contributed by atoms with Crippen LogP contribution in [-0.2, 0) is 19.5 Å². The van der Waals surface area contributed by atoms with Crippen molar-refractivity contribution >= 4 is 17.4 Å². The van der Waals surface area contributed by atoms with Gasteiger partial charge in [0.2, 0.25) is 0 Å². The highest BCUT2D eigenvalue weighted by Gasteiger charge is 2.39. The number of nitrogens with zero attached hydrogens (tertiary/aromatic N) is 7. The minimum absolute atomic E-state index is 0.0837. The number of ketones is 1. The van der Waals surface area contributed by atoms with Gasteiger partial charge in [0, 0.05) is 22.3 Å². The number of rotatable bonds is 9. The van der Waals surface area contributed by atoms with E-state index in [0.29, 0.717) is 27.5 Å². The van der Waals surface area contributed by atoms with Gasteiger partial charge in [0.25, 0.3) is 0 Å². The van der Waals surface area contributed by atoms with Gasteiger partial charge in [-0.3, -0.25) is 14.3 Å². The molecule has 216 valence electrons. The number of aliphatic hydroxyl groups is 1. The third-order valence-corrected chi connectivity index (χ3v) is 6.45. The second-order valence-corrected chi connectivity index (χ2v) is 9.56. The highest BCUT2D eigenvalue weighted by Crippen LogP contribution is 2.24. The molecule has 0 bridgehead atoms. The summed E-state index contributed by atoms with van der Waals surface area (Å²) in [5, 5.41) is 18.6. The molecule has 15 heteroatoms. The van der Waals surface area contributed by atoms with Crippen molar-refractivity contribution in [1.82, 2.24) is 34.1 Å². The number of hydrogen-bond acceptors (Lipinski definition) is 7. The SMILES string of the molecule is O=C(Cc1ncccc1-n1cnc(Cn2nc(-c3ccc(Cl)cc3)n(C[C@H](O)C(F)(F)F)c2=O)n1)c1ccc(F)cc1. The van der Waals surface area contributed by atoms with Crippen molar-refractivity contribution in [2.24, 2.45) is 0 Å². The van der Waals surface area contributed by atoms with E-state index in [1.807, 2.05) is 0 Å². The van der Waals surface area contributed by atoms with Crippen LogP contribution in [0, 0.1) is 5.82 Å². The van der Waals surface area contributed by atoms with Crippen LogP contribution in [0.15, 0.2) is 78.0 Å². The molecule has 0 saturated heterocycles. The fourth-order valence-electron chi connectivity index (χ4n) is 4.08. The topological polar surface area (TPSA) is 121 Å². The third-order valence-electron chi connectivity index (χ3n) is 6.20. The van der Waals surface area contributed by atoms with Gasteiger partial charge in [-0.2, -0.15) is 13.2 Å². The van der Waals surface area contributed by atoms with Crippen LogP contribution in [0.3, 0.4) is 0 Å². The van der Waals surface area contributed by atoms with Gasteiger partial charge in [-0.15, -0.1) is 10.2 Å². The van der Waals surface area contributed by atoms with Crippen LogP contribution in [0.2, 0.25) is 5.02 Å². The zero-order valence-electron chi connectivity index (χ0n) is 21.4. The summed E-state index contributed by atoms with van der Waals surface area (Å²) in [6.45, 7) is -1.39. The molecule has 0 radical (unpaired) electrons. The van der Waals surface area contributed by atoms with Crippen LogP contribution >= 0.6 is 11.6 Å². The van der Waals surface area contributed by atoms with Crippen molar-refractivity contribution in [3.8, 4) is 17.1 Å². The molecule has 0 spiro atoms. The first kappa shape index (κ1) is 28.8. The summed E-state index contributed by atoms with van der Waals surface area (Å²) in [4.78, 5) is 34.3. The number of pyridine rings is 1. The van der Waals surface area contributed by atoms with Gasteiger partial charge in [-0.1, -0.05) is 11.6 Å². The number of carbonyl (C=O) groups is 1. The zero-order chi connectivity index (χ0) is 30.0. The molecule has 0 fully saturated rings. The Hall–Kier alpha value is -4.69. The highest BCUT2D eigenvalue weighted by atomic mass is 35.5. The summed E-state index contributed by atoms with van der Waals surface area (Å²) < 4.78 is 55.5. The minimum Gasteiger partial charge on any atom is -0.382 e. The Balaban J connectivity index is 1.43. The molecule has 3 heterocycles. The zero-order valence-corrected chi connectivity index (χ0v) is 22.2. The van der Waals surface area contributed by atoms with Crippen molar-refractivity contribution in [3.05, 3.63) is 112 Å². The fraction of sp³-hybridized carbons (Fsp3) is 0.185. The molecule has 10 nitrogen and oxygen atoms in total. The number of carbonyl (C=O) groups excluding carboxylic acids is 1. The lowest BCUT2D eigenvalue weighted by atomic mass is 10.1. The van der Waals surface area contributed by atoms with Crippen molar-refractivity contribution in [2.75, 3.05) is 0 Å².